The minimum Gasteiger partial charge on any atom is -0.491 e. The van der Waals surface area contributed by atoms with Crippen molar-refractivity contribution in [1.82, 2.24) is 0 Å². The van der Waals surface area contributed by atoms with Gasteiger partial charge in [0.2, 0.25) is 0 Å². The Morgan fingerprint density at radius 2 is 2.11 bits per heavy atom. The lowest BCUT2D eigenvalue weighted by Gasteiger charge is -2.13. The minimum absolute atomic E-state index is 0.0140. The van der Waals surface area contributed by atoms with E-state index >= 15 is 0 Å². The summed E-state index contributed by atoms with van der Waals surface area (Å²) in [4.78, 5) is 0. The SMILES string of the molecule is CCCCOCC(O)COc1cccc(CO)c1. The van der Waals surface area contributed by atoms with Crippen LogP contribution < -0.4 is 4.74 Å². The summed E-state index contributed by atoms with van der Waals surface area (Å²) in [5.74, 6) is 0.647. The van der Waals surface area contributed by atoms with Crippen LogP contribution in [0.1, 0.15) is 25.3 Å². The molecule has 0 saturated heterocycles. The van der Waals surface area contributed by atoms with Crippen LogP contribution in [0.5, 0.6) is 5.75 Å². The molecule has 1 rings (SSSR count). The van der Waals surface area contributed by atoms with E-state index in [9.17, 15) is 5.11 Å². The van der Waals surface area contributed by atoms with E-state index in [-0.39, 0.29) is 13.2 Å². The van der Waals surface area contributed by atoms with Crippen molar-refractivity contribution in [2.75, 3.05) is 19.8 Å². The first kappa shape index (κ1) is 15.0. The molecule has 0 aromatic heterocycles. The summed E-state index contributed by atoms with van der Waals surface area (Å²) in [5, 5.41) is 18.6. The predicted octanol–water partition coefficient (Wildman–Crippen LogP) is 1.74. The Bertz CT molecular complexity index is 327. The molecule has 0 radical (unpaired) electrons. The molecule has 0 aliphatic heterocycles. The zero-order chi connectivity index (χ0) is 13.2. The lowest BCUT2D eigenvalue weighted by atomic mass is 10.2. The number of ether oxygens (including phenoxy) is 2. The van der Waals surface area contributed by atoms with Crippen molar-refractivity contribution >= 4 is 0 Å². The Labute approximate surface area is 108 Å². The van der Waals surface area contributed by atoms with Crippen molar-refractivity contribution in [2.24, 2.45) is 0 Å². The van der Waals surface area contributed by atoms with Crippen molar-refractivity contribution in [1.29, 1.82) is 0 Å². The Kier molecular flexibility index (Phi) is 7.41. The van der Waals surface area contributed by atoms with Crippen LogP contribution in [0.2, 0.25) is 0 Å². The van der Waals surface area contributed by atoms with Gasteiger partial charge in [-0.3, -0.25) is 0 Å². The summed E-state index contributed by atoms with van der Waals surface area (Å²) in [6.07, 6.45) is 1.46. The molecule has 0 heterocycles. The van der Waals surface area contributed by atoms with Gasteiger partial charge in [-0.25, -0.2) is 0 Å². The highest BCUT2D eigenvalue weighted by Crippen LogP contribution is 2.13. The largest absolute Gasteiger partial charge is 0.491 e. The quantitative estimate of drug-likeness (QED) is 0.659. The first-order valence-corrected chi connectivity index (χ1v) is 6.34. The van der Waals surface area contributed by atoms with E-state index in [0.717, 1.165) is 18.4 Å². The second kappa shape index (κ2) is 8.91. The summed E-state index contributed by atoms with van der Waals surface area (Å²) >= 11 is 0. The van der Waals surface area contributed by atoms with Crippen LogP contribution in [0.4, 0.5) is 0 Å². The van der Waals surface area contributed by atoms with Gasteiger partial charge in [-0.1, -0.05) is 25.5 Å². The Morgan fingerprint density at radius 3 is 2.83 bits per heavy atom. The van der Waals surface area contributed by atoms with Gasteiger partial charge in [-0.15, -0.1) is 0 Å². The van der Waals surface area contributed by atoms with Crippen LogP contribution in [-0.4, -0.2) is 36.1 Å². The summed E-state index contributed by atoms with van der Waals surface area (Å²) in [7, 11) is 0. The van der Waals surface area contributed by atoms with E-state index in [0.29, 0.717) is 19.0 Å². The molecule has 1 atom stereocenters. The Hall–Kier alpha value is -1.10. The molecule has 1 unspecified atom stereocenters. The van der Waals surface area contributed by atoms with Crippen LogP contribution in [0.25, 0.3) is 0 Å². The standard InChI is InChI=1S/C14H22O4/c1-2-3-7-17-10-13(16)11-18-14-6-4-5-12(8-14)9-15/h4-6,8,13,15-16H,2-3,7,9-11H2,1H3. The molecule has 0 aliphatic rings. The number of aliphatic hydroxyl groups is 2. The molecule has 0 spiro atoms. The fourth-order valence-corrected chi connectivity index (χ4v) is 1.44. The zero-order valence-electron chi connectivity index (χ0n) is 10.8. The number of rotatable bonds is 9. The highest BCUT2D eigenvalue weighted by Gasteiger charge is 2.05. The highest BCUT2D eigenvalue weighted by molar-refractivity contribution is 5.27. The van der Waals surface area contributed by atoms with Crippen LogP contribution in [0.3, 0.4) is 0 Å². The topological polar surface area (TPSA) is 58.9 Å². The van der Waals surface area contributed by atoms with Crippen molar-refractivity contribution in [3.8, 4) is 5.75 Å². The lowest BCUT2D eigenvalue weighted by molar-refractivity contribution is 0.0113. The van der Waals surface area contributed by atoms with Gasteiger partial charge in [-0.05, 0) is 24.1 Å². The number of hydrogen-bond donors (Lipinski definition) is 2. The molecular formula is C14H22O4. The molecule has 1 aromatic rings. The summed E-state index contributed by atoms with van der Waals surface area (Å²) in [6.45, 7) is 3.24. The van der Waals surface area contributed by atoms with Gasteiger partial charge in [-0.2, -0.15) is 0 Å². The number of aliphatic hydroxyl groups excluding tert-OH is 2. The maximum atomic E-state index is 9.64. The smallest absolute Gasteiger partial charge is 0.119 e. The lowest BCUT2D eigenvalue weighted by Crippen LogP contribution is -2.23. The van der Waals surface area contributed by atoms with Crippen molar-refractivity contribution in [3.05, 3.63) is 29.8 Å². The maximum Gasteiger partial charge on any atom is 0.119 e. The van der Waals surface area contributed by atoms with E-state index < -0.39 is 6.10 Å². The third-order valence-electron chi connectivity index (χ3n) is 2.48. The Morgan fingerprint density at radius 1 is 1.28 bits per heavy atom. The summed E-state index contributed by atoms with van der Waals surface area (Å²) in [5.41, 5.74) is 0.793. The molecule has 2 N–H and O–H groups in total. The van der Waals surface area contributed by atoms with E-state index in [1.807, 2.05) is 12.1 Å². The van der Waals surface area contributed by atoms with Gasteiger partial charge in [0.05, 0.1) is 13.2 Å². The second-order valence-corrected chi connectivity index (χ2v) is 4.20. The number of hydrogen-bond acceptors (Lipinski definition) is 4. The first-order valence-electron chi connectivity index (χ1n) is 6.34. The van der Waals surface area contributed by atoms with Crippen molar-refractivity contribution in [2.45, 2.75) is 32.5 Å². The number of unbranched alkanes of at least 4 members (excludes halogenated alkanes) is 1. The third-order valence-corrected chi connectivity index (χ3v) is 2.48. The molecule has 0 bridgehead atoms. The molecule has 0 amide bonds. The average molecular weight is 254 g/mol. The monoisotopic (exact) mass is 254 g/mol. The van der Waals surface area contributed by atoms with Crippen molar-refractivity contribution < 1.29 is 19.7 Å². The highest BCUT2D eigenvalue weighted by atomic mass is 16.5. The van der Waals surface area contributed by atoms with Gasteiger partial charge in [0.25, 0.3) is 0 Å². The van der Waals surface area contributed by atoms with E-state index in [4.69, 9.17) is 14.6 Å². The molecule has 4 heteroatoms. The molecule has 0 aliphatic carbocycles. The fourth-order valence-electron chi connectivity index (χ4n) is 1.44. The molecule has 0 fully saturated rings. The first-order chi connectivity index (χ1) is 8.76. The molecule has 4 nitrogen and oxygen atoms in total. The normalized spacial score (nSPS) is 12.4. The van der Waals surface area contributed by atoms with Gasteiger partial charge >= 0.3 is 0 Å². The summed E-state index contributed by atoms with van der Waals surface area (Å²) < 4.78 is 10.7. The van der Waals surface area contributed by atoms with Crippen LogP contribution in [-0.2, 0) is 11.3 Å². The van der Waals surface area contributed by atoms with Gasteiger partial charge in [0.1, 0.15) is 18.5 Å². The molecule has 18 heavy (non-hydrogen) atoms. The third kappa shape index (κ3) is 6.00. The van der Waals surface area contributed by atoms with Crippen LogP contribution in [0, 0.1) is 0 Å². The minimum atomic E-state index is -0.625. The van der Waals surface area contributed by atoms with Crippen LogP contribution in [0.15, 0.2) is 24.3 Å². The average Bonchev–Trinajstić information content (AvgIpc) is 2.41. The van der Waals surface area contributed by atoms with Crippen molar-refractivity contribution in [3.63, 3.8) is 0 Å². The van der Waals surface area contributed by atoms with E-state index in [1.54, 1.807) is 12.1 Å². The maximum absolute atomic E-state index is 9.64. The van der Waals surface area contributed by atoms with E-state index in [2.05, 4.69) is 6.92 Å². The fraction of sp³-hybridized carbons (Fsp3) is 0.571. The van der Waals surface area contributed by atoms with Crippen LogP contribution >= 0.6 is 0 Å². The predicted molar refractivity (Wildman–Crippen MR) is 69.6 cm³/mol. The molecule has 0 saturated carbocycles. The van der Waals surface area contributed by atoms with Gasteiger partial charge < -0.3 is 19.7 Å². The molecule has 102 valence electrons. The van der Waals surface area contributed by atoms with Gasteiger partial charge in [0, 0.05) is 6.61 Å². The number of benzene rings is 1. The van der Waals surface area contributed by atoms with Gasteiger partial charge in [0.15, 0.2) is 0 Å². The molecular weight excluding hydrogens is 232 g/mol. The second-order valence-electron chi connectivity index (χ2n) is 4.20. The zero-order valence-corrected chi connectivity index (χ0v) is 10.8. The summed E-state index contributed by atoms with van der Waals surface area (Å²) in [6, 6.07) is 7.18. The molecule has 1 aromatic carbocycles. The Balaban J connectivity index is 2.22. The van der Waals surface area contributed by atoms with E-state index in [1.165, 1.54) is 0 Å².